The van der Waals surface area contributed by atoms with Crippen LogP contribution >= 0.6 is 11.6 Å². The molecule has 0 aliphatic rings. The highest BCUT2D eigenvalue weighted by Crippen LogP contribution is 2.19. The SMILES string of the molecule is Cc1cccc(C(=O)N[C@@H](C)C(=O)OCC(=O)Nc2ccc(C)c(Cl)c2)c1. The standard InChI is InChI=1S/C20H21ClN2O4/c1-12-5-4-6-15(9-12)19(25)22-14(3)20(26)27-11-18(24)23-16-8-7-13(2)17(21)10-16/h4-10,14H,11H2,1-3H3,(H,22,25)(H,23,24)/t14-/m0/s1. The minimum absolute atomic E-state index is 0.387. The van der Waals surface area contributed by atoms with Crippen LogP contribution in [0.25, 0.3) is 0 Å². The maximum atomic E-state index is 12.1. The molecule has 0 aromatic heterocycles. The first-order chi connectivity index (χ1) is 12.8. The van der Waals surface area contributed by atoms with Gasteiger partial charge in [0.25, 0.3) is 11.8 Å². The number of halogens is 1. The van der Waals surface area contributed by atoms with Gasteiger partial charge in [0, 0.05) is 16.3 Å². The van der Waals surface area contributed by atoms with Gasteiger partial charge in [0.1, 0.15) is 6.04 Å². The zero-order valence-corrected chi connectivity index (χ0v) is 16.1. The summed E-state index contributed by atoms with van der Waals surface area (Å²) in [5.41, 5.74) is 2.78. The topological polar surface area (TPSA) is 84.5 Å². The Labute approximate surface area is 162 Å². The number of carbonyl (C=O) groups excluding carboxylic acids is 3. The zero-order chi connectivity index (χ0) is 20.0. The number of anilines is 1. The highest BCUT2D eigenvalue weighted by molar-refractivity contribution is 6.31. The summed E-state index contributed by atoms with van der Waals surface area (Å²) in [7, 11) is 0. The minimum Gasteiger partial charge on any atom is -0.454 e. The molecule has 0 spiro atoms. The maximum absolute atomic E-state index is 12.1. The summed E-state index contributed by atoms with van der Waals surface area (Å²) < 4.78 is 4.95. The minimum atomic E-state index is -0.889. The van der Waals surface area contributed by atoms with Crippen molar-refractivity contribution in [3.8, 4) is 0 Å². The van der Waals surface area contributed by atoms with E-state index in [2.05, 4.69) is 10.6 Å². The Kier molecular flexibility index (Phi) is 6.96. The second-order valence-electron chi connectivity index (χ2n) is 6.18. The van der Waals surface area contributed by atoms with E-state index in [0.29, 0.717) is 16.3 Å². The van der Waals surface area contributed by atoms with E-state index in [1.54, 1.807) is 36.4 Å². The van der Waals surface area contributed by atoms with Gasteiger partial charge in [0.05, 0.1) is 0 Å². The highest BCUT2D eigenvalue weighted by Gasteiger charge is 2.19. The molecule has 0 aliphatic heterocycles. The number of hydrogen-bond donors (Lipinski definition) is 2. The fourth-order valence-corrected chi connectivity index (χ4v) is 2.44. The molecule has 0 heterocycles. The van der Waals surface area contributed by atoms with Gasteiger partial charge in [-0.05, 0) is 50.6 Å². The molecule has 0 fully saturated rings. The summed E-state index contributed by atoms with van der Waals surface area (Å²) in [5, 5.41) is 5.66. The van der Waals surface area contributed by atoms with Gasteiger partial charge in [-0.25, -0.2) is 4.79 Å². The predicted molar refractivity (Wildman–Crippen MR) is 104 cm³/mol. The van der Waals surface area contributed by atoms with Crippen molar-refractivity contribution in [2.24, 2.45) is 0 Å². The Bertz CT molecular complexity index is 867. The average molecular weight is 389 g/mol. The Morgan fingerprint density at radius 2 is 1.85 bits per heavy atom. The Morgan fingerprint density at radius 3 is 2.52 bits per heavy atom. The van der Waals surface area contributed by atoms with E-state index in [-0.39, 0.29) is 5.91 Å². The van der Waals surface area contributed by atoms with Crippen LogP contribution in [0.1, 0.15) is 28.4 Å². The molecule has 0 radical (unpaired) electrons. The molecular formula is C20H21ClN2O4. The third-order valence-electron chi connectivity index (χ3n) is 3.78. The number of benzene rings is 2. The summed E-state index contributed by atoms with van der Waals surface area (Å²) in [4.78, 5) is 36.0. The summed E-state index contributed by atoms with van der Waals surface area (Å²) in [6.07, 6.45) is 0. The molecule has 2 N–H and O–H groups in total. The van der Waals surface area contributed by atoms with Gasteiger partial charge in [-0.15, -0.1) is 0 Å². The molecule has 1 atom stereocenters. The Balaban J connectivity index is 1.82. The lowest BCUT2D eigenvalue weighted by molar-refractivity contribution is -0.148. The third-order valence-corrected chi connectivity index (χ3v) is 4.19. The number of rotatable bonds is 6. The first-order valence-corrected chi connectivity index (χ1v) is 8.74. The number of amides is 2. The summed E-state index contributed by atoms with van der Waals surface area (Å²) >= 11 is 6.00. The molecular weight excluding hydrogens is 368 g/mol. The normalized spacial score (nSPS) is 11.4. The van der Waals surface area contributed by atoms with E-state index in [1.807, 2.05) is 19.9 Å². The van der Waals surface area contributed by atoms with E-state index >= 15 is 0 Å². The smallest absolute Gasteiger partial charge is 0.328 e. The molecule has 0 saturated carbocycles. The van der Waals surface area contributed by atoms with Gasteiger partial charge < -0.3 is 15.4 Å². The largest absolute Gasteiger partial charge is 0.454 e. The predicted octanol–water partition coefficient (Wildman–Crippen LogP) is 3.26. The van der Waals surface area contributed by atoms with E-state index < -0.39 is 24.5 Å². The van der Waals surface area contributed by atoms with E-state index in [1.165, 1.54) is 6.92 Å². The van der Waals surface area contributed by atoms with E-state index in [9.17, 15) is 14.4 Å². The van der Waals surface area contributed by atoms with Gasteiger partial charge in [-0.3, -0.25) is 9.59 Å². The summed E-state index contributed by atoms with van der Waals surface area (Å²) in [5.74, 6) is -1.59. The van der Waals surface area contributed by atoms with Crippen LogP contribution in [0.15, 0.2) is 42.5 Å². The summed E-state index contributed by atoms with van der Waals surface area (Å²) in [6.45, 7) is 4.75. The molecule has 0 saturated heterocycles. The quantitative estimate of drug-likeness (QED) is 0.744. The van der Waals surface area contributed by atoms with Crippen LogP contribution < -0.4 is 10.6 Å². The van der Waals surface area contributed by atoms with Gasteiger partial charge in [-0.2, -0.15) is 0 Å². The highest BCUT2D eigenvalue weighted by atomic mass is 35.5. The molecule has 0 bridgehead atoms. The van der Waals surface area contributed by atoms with Crippen molar-refractivity contribution in [1.82, 2.24) is 5.32 Å². The molecule has 2 aromatic carbocycles. The van der Waals surface area contributed by atoms with E-state index in [0.717, 1.165) is 11.1 Å². The average Bonchev–Trinajstić information content (AvgIpc) is 2.62. The number of hydrogen-bond acceptors (Lipinski definition) is 4. The second kappa shape index (κ2) is 9.19. The molecule has 6 nitrogen and oxygen atoms in total. The number of ether oxygens (including phenoxy) is 1. The van der Waals surface area contributed by atoms with Crippen molar-refractivity contribution in [3.05, 3.63) is 64.2 Å². The van der Waals surface area contributed by atoms with Crippen molar-refractivity contribution in [3.63, 3.8) is 0 Å². The third kappa shape index (κ3) is 6.11. The Hall–Kier alpha value is -2.86. The molecule has 0 aliphatic carbocycles. The lowest BCUT2D eigenvalue weighted by atomic mass is 10.1. The van der Waals surface area contributed by atoms with Gasteiger partial charge in [-0.1, -0.05) is 35.4 Å². The number of esters is 1. The molecule has 7 heteroatoms. The van der Waals surface area contributed by atoms with Gasteiger partial charge in [0.2, 0.25) is 0 Å². The number of carbonyl (C=O) groups is 3. The number of nitrogens with one attached hydrogen (secondary N) is 2. The van der Waals surface area contributed by atoms with Crippen molar-refractivity contribution >= 4 is 35.1 Å². The van der Waals surface area contributed by atoms with Crippen LogP contribution in [0.3, 0.4) is 0 Å². The first-order valence-electron chi connectivity index (χ1n) is 8.36. The van der Waals surface area contributed by atoms with Crippen molar-refractivity contribution in [1.29, 1.82) is 0 Å². The number of aryl methyl sites for hydroxylation is 2. The maximum Gasteiger partial charge on any atom is 0.328 e. The van der Waals surface area contributed by atoms with Crippen LogP contribution in [-0.4, -0.2) is 30.4 Å². The molecule has 0 unspecified atom stereocenters. The van der Waals surface area contributed by atoms with Crippen LogP contribution in [-0.2, 0) is 14.3 Å². The molecule has 2 aromatic rings. The van der Waals surface area contributed by atoms with Gasteiger partial charge >= 0.3 is 5.97 Å². The zero-order valence-electron chi connectivity index (χ0n) is 15.3. The Morgan fingerprint density at radius 1 is 1.11 bits per heavy atom. The van der Waals surface area contributed by atoms with Crippen molar-refractivity contribution < 1.29 is 19.1 Å². The first kappa shape index (κ1) is 20.5. The molecule has 142 valence electrons. The van der Waals surface area contributed by atoms with Crippen molar-refractivity contribution in [2.75, 3.05) is 11.9 Å². The lowest BCUT2D eigenvalue weighted by Crippen LogP contribution is -2.40. The monoisotopic (exact) mass is 388 g/mol. The van der Waals surface area contributed by atoms with Crippen LogP contribution in [0.4, 0.5) is 5.69 Å². The van der Waals surface area contributed by atoms with Crippen molar-refractivity contribution in [2.45, 2.75) is 26.8 Å². The van der Waals surface area contributed by atoms with E-state index in [4.69, 9.17) is 16.3 Å². The fourth-order valence-electron chi connectivity index (χ4n) is 2.25. The molecule has 2 rings (SSSR count). The molecule has 2 amide bonds. The summed E-state index contributed by atoms with van der Waals surface area (Å²) in [6, 6.07) is 11.2. The fraction of sp³-hybridized carbons (Fsp3) is 0.250. The van der Waals surface area contributed by atoms with Gasteiger partial charge in [0.15, 0.2) is 6.61 Å². The lowest BCUT2D eigenvalue weighted by Gasteiger charge is -2.14. The van der Waals surface area contributed by atoms with Crippen LogP contribution in [0, 0.1) is 13.8 Å². The molecule has 27 heavy (non-hydrogen) atoms. The van der Waals surface area contributed by atoms with Crippen LogP contribution in [0.5, 0.6) is 0 Å². The second-order valence-corrected chi connectivity index (χ2v) is 6.59. The van der Waals surface area contributed by atoms with Crippen LogP contribution in [0.2, 0.25) is 5.02 Å².